The van der Waals surface area contributed by atoms with Crippen molar-refractivity contribution in [2.45, 2.75) is 50.2 Å². The van der Waals surface area contributed by atoms with E-state index in [0.717, 1.165) is 32.1 Å². The normalized spacial score (nSPS) is 37.9. The quantitative estimate of drug-likeness (QED) is 0.770. The Kier molecular flexibility index (Phi) is 3.75. The van der Waals surface area contributed by atoms with E-state index in [4.69, 9.17) is 4.55 Å². The van der Waals surface area contributed by atoms with Crippen LogP contribution in [0.1, 0.15) is 44.9 Å². The van der Waals surface area contributed by atoms with Crippen LogP contribution >= 0.6 is 0 Å². The third-order valence-corrected chi connectivity index (χ3v) is 6.53. The van der Waals surface area contributed by atoms with Gasteiger partial charge in [0.15, 0.2) is 0 Å². The maximum absolute atomic E-state index is 13.3. The van der Waals surface area contributed by atoms with E-state index < -0.39 is 21.3 Å². The Hall–Kier alpha value is -0.760. The van der Waals surface area contributed by atoms with Crippen LogP contribution in [0.5, 0.6) is 0 Å². The number of fused-ring (bicyclic) bond motifs is 1. The highest BCUT2D eigenvalue weighted by atomic mass is 32.2. The average molecular weight is 337 g/mol. The molecule has 0 saturated heterocycles. The van der Waals surface area contributed by atoms with Crippen molar-refractivity contribution in [3.05, 3.63) is 0 Å². The molecule has 1 amide bonds. The van der Waals surface area contributed by atoms with Crippen molar-refractivity contribution in [2.24, 2.45) is 23.2 Å². The van der Waals surface area contributed by atoms with E-state index in [9.17, 15) is 22.0 Å². The summed E-state index contributed by atoms with van der Waals surface area (Å²) >= 11 is 0. The van der Waals surface area contributed by atoms with Crippen LogP contribution in [0, 0.1) is 23.2 Å². The van der Waals surface area contributed by atoms with E-state index >= 15 is 0 Å². The highest BCUT2D eigenvalue weighted by Crippen LogP contribution is 2.57. The number of carbonyl (C=O) groups excluding carboxylic acids is 1. The van der Waals surface area contributed by atoms with Crippen LogP contribution in [0.4, 0.5) is 8.78 Å². The minimum Gasteiger partial charge on any atom is -0.349 e. The first-order valence-corrected chi connectivity index (χ1v) is 9.18. The summed E-state index contributed by atoms with van der Waals surface area (Å²) in [4.78, 5) is 11.5. The predicted octanol–water partition coefficient (Wildman–Crippen LogP) is 2.19. The fourth-order valence-electron chi connectivity index (χ4n) is 5.08. The molecule has 0 spiro atoms. The van der Waals surface area contributed by atoms with Crippen molar-refractivity contribution < 1.29 is 26.5 Å². The Morgan fingerprint density at radius 3 is 2.14 bits per heavy atom. The molecular formula is C14H21F2NO4S. The van der Waals surface area contributed by atoms with Crippen LogP contribution in [0.15, 0.2) is 0 Å². The molecule has 0 heterocycles. The van der Waals surface area contributed by atoms with Crippen LogP contribution in [0.2, 0.25) is 0 Å². The van der Waals surface area contributed by atoms with Crippen molar-refractivity contribution in [2.75, 3.05) is 6.54 Å². The molecule has 4 fully saturated rings. The van der Waals surface area contributed by atoms with Crippen molar-refractivity contribution in [1.82, 2.24) is 5.32 Å². The Labute approximate surface area is 128 Å². The van der Waals surface area contributed by atoms with Crippen LogP contribution < -0.4 is 5.32 Å². The second-order valence-corrected chi connectivity index (χ2v) is 8.90. The minimum atomic E-state index is -5.73. The average Bonchev–Trinajstić information content (AvgIpc) is 2.61. The van der Waals surface area contributed by atoms with Gasteiger partial charge in [-0.3, -0.25) is 9.35 Å². The molecule has 0 aromatic heterocycles. The van der Waals surface area contributed by atoms with Gasteiger partial charge in [-0.1, -0.05) is 12.8 Å². The van der Waals surface area contributed by atoms with Gasteiger partial charge in [-0.05, 0) is 55.3 Å². The van der Waals surface area contributed by atoms with E-state index in [1.165, 1.54) is 12.8 Å². The molecule has 2 atom stereocenters. The molecule has 22 heavy (non-hydrogen) atoms. The number of halogens is 2. The summed E-state index contributed by atoms with van der Waals surface area (Å²) in [5, 5.41) is -2.70. The molecule has 0 aromatic rings. The lowest BCUT2D eigenvalue weighted by atomic mass is 9.58. The molecule has 2 N–H and O–H groups in total. The number of carbonyl (C=O) groups is 1. The van der Waals surface area contributed by atoms with Crippen molar-refractivity contribution in [3.63, 3.8) is 0 Å². The molecule has 4 saturated carbocycles. The van der Waals surface area contributed by atoms with E-state index in [-0.39, 0.29) is 12.0 Å². The first-order chi connectivity index (χ1) is 10.1. The number of rotatable bonds is 4. The lowest BCUT2D eigenvalue weighted by Gasteiger charge is -2.48. The molecular weight excluding hydrogens is 316 g/mol. The maximum atomic E-state index is 13.3. The van der Waals surface area contributed by atoms with Gasteiger partial charge in [0.05, 0.1) is 0 Å². The minimum absolute atomic E-state index is 0.0699. The highest BCUT2D eigenvalue weighted by Gasteiger charge is 2.54. The summed E-state index contributed by atoms with van der Waals surface area (Å²) < 4.78 is 56.3. The molecule has 5 nitrogen and oxygen atoms in total. The molecule has 4 aliphatic carbocycles. The van der Waals surface area contributed by atoms with Gasteiger partial charge in [0.1, 0.15) is 0 Å². The van der Waals surface area contributed by atoms with Gasteiger partial charge < -0.3 is 5.32 Å². The van der Waals surface area contributed by atoms with Crippen molar-refractivity contribution >= 4 is 16.0 Å². The summed E-state index contributed by atoms with van der Waals surface area (Å²) in [6.45, 7) is 0.0699. The van der Waals surface area contributed by atoms with Crippen LogP contribution in [-0.4, -0.2) is 30.7 Å². The number of alkyl halides is 2. The summed E-state index contributed by atoms with van der Waals surface area (Å²) in [5.41, 5.74) is -0.183. The Balaban J connectivity index is 1.70. The lowest BCUT2D eigenvalue weighted by molar-refractivity contribution is -0.137. The van der Waals surface area contributed by atoms with Crippen LogP contribution in [0.25, 0.3) is 0 Å². The molecule has 2 unspecified atom stereocenters. The second kappa shape index (κ2) is 5.12. The highest BCUT2D eigenvalue weighted by molar-refractivity contribution is 7.87. The van der Waals surface area contributed by atoms with E-state index in [1.807, 2.05) is 0 Å². The fraction of sp³-hybridized carbons (Fsp3) is 0.929. The van der Waals surface area contributed by atoms with Crippen LogP contribution in [-0.2, 0) is 14.9 Å². The van der Waals surface area contributed by atoms with Gasteiger partial charge in [0.2, 0.25) is 0 Å². The number of hydrogen-bond acceptors (Lipinski definition) is 3. The fourth-order valence-corrected chi connectivity index (χ4v) is 5.38. The molecule has 126 valence electrons. The Bertz CT molecular complexity index is 561. The zero-order valence-corrected chi connectivity index (χ0v) is 13.0. The topological polar surface area (TPSA) is 83.5 Å². The first-order valence-electron chi connectivity index (χ1n) is 7.74. The van der Waals surface area contributed by atoms with Gasteiger partial charge in [-0.25, -0.2) is 0 Å². The number of nitrogens with one attached hydrogen (secondary N) is 1. The SMILES string of the molecule is O=C(NCC12CC3CCC(CC(C3)C1)C2)C(F)(F)S(=O)(=O)O. The molecule has 0 aromatic carbocycles. The molecule has 4 bridgehead atoms. The summed E-state index contributed by atoms with van der Waals surface area (Å²) in [6, 6.07) is 0. The predicted molar refractivity (Wildman–Crippen MR) is 74.7 cm³/mol. The second-order valence-electron chi connectivity index (χ2n) is 7.43. The lowest BCUT2D eigenvalue weighted by Crippen LogP contribution is -2.51. The largest absolute Gasteiger partial charge is 0.446 e. The van der Waals surface area contributed by atoms with E-state index in [2.05, 4.69) is 5.32 Å². The third-order valence-electron chi connectivity index (χ3n) is 5.69. The van der Waals surface area contributed by atoms with Gasteiger partial charge in [0.25, 0.3) is 0 Å². The number of amides is 1. The standard InChI is InChI=1S/C14H21F2NO4S/c15-14(16,22(19,20)21)12(18)17-8-13-5-9-1-2-10(6-13)4-11(3-9)7-13/h9-11H,1-8H2,(H,17,18)(H,19,20,21). The zero-order valence-electron chi connectivity index (χ0n) is 12.2. The monoisotopic (exact) mass is 337 g/mol. The zero-order chi connectivity index (χ0) is 16.2. The van der Waals surface area contributed by atoms with E-state index in [1.54, 1.807) is 0 Å². The molecule has 0 radical (unpaired) electrons. The van der Waals surface area contributed by atoms with Crippen LogP contribution in [0.3, 0.4) is 0 Å². The van der Waals surface area contributed by atoms with Crippen molar-refractivity contribution in [1.29, 1.82) is 0 Å². The molecule has 4 rings (SSSR count). The maximum Gasteiger partial charge on any atom is 0.446 e. The van der Waals surface area contributed by atoms with Gasteiger partial charge in [-0.15, -0.1) is 0 Å². The summed E-state index contributed by atoms with van der Waals surface area (Å²) in [6.07, 6.45) is 7.45. The van der Waals surface area contributed by atoms with Crippen molar-refractivity contribution in [3.8, 4) is 0 Å². The number of hydrogen-bond donors (Lipinski definition) is 2. The Morgan fingerprint density at radius 2 is 1.64 bits per heavy atom. The molecule has 4 aliphatic rings. The summed E-state index contributed by atoms with van der Waals surface area (Å²) in [5.74, 6) is -0.154. The molecule has 8 heteroatoms. The summed E-state index contributed by atoms with van der Waals surface area (Å²) in [7, 11) is -5.73. The first kappa shape index (κ1) is 16.1. The Morgan fingerprint density at radius 1 is 1.14 bits per heavy atom. The molecule has 0 aliphatic heterocycles. The van der Waals surface area contributed by atoms with E-state index in [0.29, 0.717) is 17.8 Å². The van der Waals surface area contributed by atoms with Gasteiger partial charge in [-0.2, -0.15) is 17.2 Å². The van der Waals surface area contributed by atoms with Gasteiger partial charge >= 0.3 is 21.3 Å². The smallest absolute Gasteiger partial charge is 0.349 e. The van der Waals surface area contributed by atoms with Gasteiger partial charge in [0, 0.05) is 6.54 Å². The third kappa shape index (κ3) is 2.75.